The third kappa shape index (κ3) is 3.82. The van der Waals surface area contributed by atoms with E-state index in [1.807, 2.05) is 6.20 Å². The maximum atomic E-state index is 4.04. The molecule has 1 saturated heterocycles. The van der Waals surface area contributed by atoms with Crippen LogP contribution in [-0.2, 0) is 6.54 Å². The van der Waals surface area contributed by atoms with Gasteiger partial charge in [-0.25, -0.2) is 4.98 Å². The van der Waals surface area contributed by atoms with Crippen LogP contribution < -0.4 is 5.32 Å². The zero-order chi connectivity index (χ0) is 12.1. The van der Waals surface area contributed by atoms with E-state index >= 15 is 0 Å². The number of hydrogen-bond donors (Lipinski definition) is 2. The minimum atomic E-state index is 0.655. The van der Waals surface area contributed by atoms with Crippen molar-refractivity contribution in [1.82, 2.24) is 20.2 Å². The minimum absolute atomic E-state index is 0.655. The van der Waals surface area contributed by atoms with Gasteiger partial charge in [-0.2, -0.15) is 0 Å². The third-order valence-electron chi connectivity index (χ3n) is 3.63. The van der Waals surface area contributed by atoms with Crippen molar-refractivity contribution < 1.29 is 0 Å². The van der Waals surface area contributed by atoms with Crippen molar-refractivity contribution >= 4 is 0 Å². The number of H-pyrrole nitrogens is 1. The Labute approximate surface area is 104 Å². The van der Waals surface area contributed by atoms with Crippen LogP contribution >= 0.6 is 0 Å². The van der Waals surface area contributed by atoms with E-state index in [1.54, 1.807) is 6.33 Å². The summed E-state index contributed by atoms with van der Waals surface area (Å²) in [6, 6.07) is 1.34. The van der Waals surface area contributed by atoms with Gasteiger partial charge in [0.05, 0.1) is 6.33 Å². The molecule has 1 aliphatic rings. The Morgan fingerprint density at radius 3 is 3.06 bits per heavy atom. The SMILES string of the molecule is CC(C)N1CCCC(NCc2cnc[nH]2)CC1. The first-order chi connectivity index (χ1) is 8.25. The lowest BCUT2D eigenvalue weighted by molar-refractivity contribution is 0.229. The normalized spacial score (nSPS) is 22.9. The van der Waals surface area contributed by atoms with Crippen molar-refractivity contribution in [2.24, 2.45) is 0 Å². The first-order valence-electron chi connectivity index (χ1n) is 6.70. The second kappa shape index (κ2) is 6.17. The lowest BCUT2D eigenvalue weighted by Crippen LogP contribution is -2.33. The molecule has 1 aromatic rings. The van der Waals surface area contributed by atoms with E-state index in [0.717, 1.165) is 6.54 Å². The van der Waals surface area contributed by atoms with E-state index in [1.165, 1.54) is 38.0 Å². The monoisotopic (exact) mass is 236 g/mol. The van der Waals surface area contributed by atoms with Crippen LogP contribution in [0.1, 0.15) is 38.8 Å². The molecule has 2 N–H and O–H groups in total. The van der Waals surface area contributed by atoms with E-state index in [9.17, 15) is 0 Å². The molecule has 1 unspecified atom stereocenters. The van der Waals surface area contributed by atoms with Crippen molar-refractivity contribution in [3.05, 3.63) is 18.2 Å². The van der Waals surface area contributed by atoms with Crippen molar-refractivity contribution in [2.75, 3.05) is 13.1 Å². The summed E-state index contributed by atoms with van der Waals surface area (Å²) in [5.74, 6) is 0. The molecule has 0 aliphatic carbocycles. The topological polar surface area (TPSA) is 44.0 Å². The van der Waals surface area contributed by atoms with Crippen LogP contribution in [0.25, 0.3) is 0 Å². The first-order valence-corrected chi connectivity index (χ1v) is 6.70. The second-order valence-corrected chi connectivity index (χ2v) is 5.22. The fourth-order valence-electron chi connectivity index (χ4n) is 2.47. The van der Waals surface area contributed by atoms with Crippen molar-refractivity contribution in [2.45, 2.75) is 51.7 Å². The molecule has 1 aromatic heterocycles. The van der Waals surface area contributed by atoms with E-state index in [0.29, 0.717) is 12.1 Å². The van der Waals surface area contributed by atoms with E-state index in [4.69, 9.17) is 0 Å². The molecule has 0 aromatic carbocycles. The predicted molar refractivity (Wildman–Crippen MR) is 69.8 cm³/mol. The Hall–Kier alpha value is -0.870. The number of aromatic nitrogens is 2. The van der Waals surface area contributed by atoms with Gasteiger partial charge in [0, 0.05) is 30.5 Å². The van der Waals surface area contributed by atoms with Gasteiger partial charge in [-0.05, 0) is 46.2 Å². The van der Waals surface area contributed by atoms with Crippen LogP contribution in [0, 0.1) is 0 Å². The maximum absolute atomic E-state index is 4.04. The first kappa shape index (κ1) is 12.6. The smallest absolute Gasteiger partial charge is 0.0922 e. The summed E-state index contributed by atoms with van der Waals surface area (Å²) in [6.45, 7) is 7.96. The summed E-state index contributed by atoms with van der Waals surface area (Å²) in [5, 5.41) is 3.63. The summed E-state index contributed by atoms with van der Waals surface area (Å²) >= 11 is 0. The van der Waals surface area contributed by atoms with Crippen molar-refractivity contribution in [3.63, 3.8) is 0 Å². The van der Waals surface area contributed by atoms with Crippen LogP contribution in [0.5, 0.6) is 0 Å². The molecule has 96 valence electrons. The molecule has 1 atom stereocenters. The zero-order valence-corrected chi connectivity index (χ0v) is 10.9. The molecule has 17 heavy (non-hydrogen) atoms. The standard InChI is InChI=1S/C13H24N4/c1-11(2)17-6-3-4-12(5-7-17)15-9-13-8-14-10-16-13/h8,10-12,15H,3-7,9H2,1-2H3,(H,14,16). The molecular formula is C13H24N4. The number of likely N-dealkylation sites (tertiary alicyclic amines) is 1. The highest BCUT2D eigenvalue weighted by atomic mass is 15.1. The van der Waals surface area contributed by atoms with Crippen LogP contribution in [0.2, 0.25) is 0 Å². The molecule has 4 heteroatoms. The summed E-state index contributed by atoms with van der Waals surface area (Å²) in [4.78, 5) is 9.75. The minimum Gasteiger partial charge on any atom is -0.347 e. The number of aromatic amines is 1. The molecule has 4 nitrogen and oxygen atoms in total. The highest BCUT2D eigenvalue weighted by molar-refractivity contribution is 4.94. The van der Waals surface area contributed by atoms with Gasteiger partial charge in [-0.3, -0.25) is 0 Å². The molecule has 1 fully saturated rings. The van der Waals surface area contributed by atoms with Gasteiger partial charge in [0.2, 0.25) is 0 Å². The van der Waals surface area contributed by atoms with Gasteiger partial charge in [0.1, 0.15) is 0 Å². The predicted octanol–water partition coefficient (Wildman–Crippen LogP) is 1.76. The Kier molecular flexibility index (Phi) is 4.57. The van der Waals surface area contributed by atoms with Gasteiger partial charge in [0.15, 0.2) is 0 Å². The molecule has 0 spiro atoms. The number of imidazole rings is 1. The summed E-state index contributed by atoms with van der Waals surface area (Å²) in [7, 11) is 0. The molecule has 0 bridgehead atoms. The van der Waals surface area contributed by atoms with Gasteiger partial charge < -0.3 is 15.2 Å². The number of hydrogen-bond acceptors (Lipinski definition) is 3. The van der Waals surface area contributed by atoms with Crippen LogP contribution in [-0.4, -0.2) is 40.0 Å². The largest absolute Gasteiger partial charge is 0.347 e. The van der Waals surface area contributed by atoms with Gasteiger partial charge in [-0.15, -0.1) is 0 Å². The Morgan fingerprint density at radius 1 is 1.47 bits per heavy atom. The Morgan fingerprint density at radius 2 is 2.35 bits per heavy atom. The zero-order valence-electron chi connectivity index (χ0n) is 10.9. The lowest BCUT2D eigenvalue weighted by Gasteiger charge is -2.24. The number of nitrogens with one attached hydrogen (secondary N) is 2. The number of nitrogens with zero attached hydrogens (tertiary/aromatic N) is 2. The van der Waals surface area contributed by atoms with Crippen LogP contribution in [0.4, 0.5) is 0 Å². The summed E-state index contributed by atoms with van der Waals surface area (Å²) in [5.41, 5.74) is 1.18. The fourth-order valence-corrected chi connectivity index (χ4v) is 2.47. The highest BCUT2D eigenvalue weighted by Gasteiger charge is 2.18. The molecule has 2 heterocycles. The van der Waals surface area contributed by atoms with Gasteiger partial charge in [-0.1, -0.05) is 0 Å². The average Bonchev–Trinajstić information content (AvgIpc) is 2.70. The van der Waals surface area contributed by atoms with Gasteiger partial charge >= 0.3 is 0 Å². The Bertz CT molecular complexity index is 307. The quantitative estimate of drug-likeness (QED) is 0.837. The third-order valence-corrected chi connectivity index (χ3v) is 3.63. The molecule has 0 saturated carbocycles. The molecule has 1 aliphatic heterocycles. The molecule has 2 rings (SSSR count). The van der Waals surface area contributed by atoms with Crippen LogP contribution in [0.15, 0.2) is 12.5 Å². The van der Waals surface area contributed by atoms with Gasteiger partial charge in [0.25, 0.3) is 0 Å². The molecular weight excluding hydrogens is 212 g/mol. The fraction of sp³-hybridized carbons (Fsp3) is 0.769. The van der Waals surface area contributed by atoms with E-state index in [-0.39, 0.29) is 0 Å². The molecule has 0 amide bonds. The average molecular weight is 236 g/mol. The second-order valence-electron chi connectivity index (χ2n) is 5.22. The van der Waals surface area contributed by atoms with Crippen molar-refractivity contribution in [3.8, 4) is 0 Å². The van der Waals surface area contributed by atoms with Crippen LogP contribution in [0.3, 0.4) is 0 Å². The van der Waals surface area contributed by atoms with Crippen molar-refractivity contribution in [1.29, 1.82) is 0 Å². The Balaban J connectivity index is 1.75. The lowest BCUT2D eigenvalue weighted by atomic mass is 10.1. The maximum Gasteiger partial charge on any atom is 0.0922 e. The molecule has 0 radical (unpaired) electrons. The van der Waals surface area contributed by atoms with E-state index in [2.05, 4.69) is 34.0 Å². The van der Waals surface area contributed by atoms with E-state index < -0.39 is 0 Å². The number of rotatable bonds is 4. The summed E-state index contributed by atoms with van der Waals surface area (Å²) < 4.78 is 0. The highest BCUT2D eigenvalue weighted by Crippen LogP contribution is 2.13. The summed E-state index contributed by atoms with van der Waals surface area (Å²) in [6.07, 6.45) is 7.48.